The maximum Gasteiger partial charge on any atom is 0.0991 e. The molecule has 0 N–H and O–H groups in total. The summed E-state index contributed by atoms with van der Waals surface area (Å²) in [7, 11) is 1.66. The lowest BCUT2D eigenvalue weighted by atomic mass is 10.1. The van der Waals surface area contributed by atoms with Crippen molar-refractivity contribution in [2.75, 3.05) is 7.11 Å². The lowest BCUT2D eigenvalue weighted by Crippen LogP contribution is -1.83. The van der Waals surface area contributed by atoms with Gasteiger partial charge in [0.05, 0.1) is 25.0 Å². The predicted molar refractivity (Wildman–Crippen MR) is 54.5 cm³/mol. The molecule has 0 fully saturated rings. The smallest absolute Gasteiger partial charge is 0.0991 e. The van der Waals surface area contributed by atoms with Crippen molar-refractivity contribution in [2.45, 2.75) is 12.8 Å². The van der Waals surface area contributed by atoms with E-state index in [2.05, 4.69) is 6.07 Å². The Balaban J connectivity index is 2.44. The van der Waals surface area contributed by atoms with Crippen molar-refractivity contribution in [3.63, 3.8) is 0 Å². The minimum absolute atomic E-state index is 0.738. The number of ether oxygens (including phenoxy) is 1. The van der Waals surface area contributed by atoms with Gasteiger partial charge >= 0.3 is 0 Å². The molecule has 0 spiro atoms. The van der Waals surface area contributed by atoms with E-state index in [0.29, 0.717) is 0 Å². The molecule has 0 atom stereocenters. The van der Waals surface area contributed by atoms with Crippen molar-refractivity contribution < 1.29 is 4.74 Å². The molecule has 0 saturated carbocycles. The molecule has 0 aliphatic heterocycles. The van der Waals surface area contributed by atoms with Gasteiger partial charge in [0.15, 0.2) is 0 Å². The summed E-state index contributed by atoms with van der Waals surface area (Å²) >= 11 is 0. The number of rotatable bonds is 1. The van der Waals surface area contributed by atoms with Gasteiger partial charge in [0.2, 0.25) is 0 Å². The number of hydrogen-bond donors (Lipinski definition) is 0. The van der Waals surface area contributed by atoms with Crippen LogP contribution >= 0.6 is 0 Å². The van der Waals surface area contributed by atoms with Gasteiger partial charge in [-0.05, 0) is 41.7 Å². The molecule has 14 heavy (non-hydrogen) atoms. The van der Waals surface area contributed by atoms with E-state index in [1.807, 2.05) is 18.2 Å². The highest BCUT2D eigenvalue weighted by molar-refractivity contribution is 5.72. The van der Waals surface area contributed by atoms with Gasteiger partial charge in [-0.15, -0.1) is 0 Å². The molecular weight excluding hydrogens is 174 g/mol. The first-order chi connectivity index (χ1) is 6.85. The third kappa shape index (κ3) is 1.38. The SMILES string of the molecule is CO/C=C1/CCc2cc(C#N)ccc21. The molecule has 2 nitrogen and oxygen atoms in total. The second-order valence-corrected chi connectivity index (χ2v) is 3.36. The van der Waals surface area contributed by atoms with Crippen LogP contribution in [0.3, 0.4) is 0 Å². The lowest BCUT2D eigenvalue weighted by Gasteiger charge is -2.00. The topological polar surface area (TPSA) is 33.0 Å². The number of nitrogens with zero attached hydrogens (tertiary/aromatic N) is 1. The number of fused-ring (bicyclic) bond motifs is 1. The van der Waals surface area contributed by atoms with E-state index in [-0.39, 0.29) is 0 Å². The Bertz CT molecular complexity index is 426. The third-order valence-electron chi connectivity index (χ3n) is 2.50. The summed E-state index contributed by atoms with van der Waals surface area (Å²) in [6.07, 6.45) is 3.82. The Morgan fingerprint density at radius 2 is 2.29 bits per heavy atom. The first kappa shape index (κ1) is 8.83. The zero-order valence-corrected chi connectivity index (χ0v) is 8.08. The highest BCUT2D eigenvalue weighted by atomic mass is 16.5. The van der Waals surface area contributed by atoms with Gasteiger partial charge in [-0.1, -0.05) is 6.07 Å². The largest absolute Gasteiger partial charge is 0.504 e. The van der Waals surface area contributed by atoms with E-state index >= 15 is 0 Å². The Morgan fingerprint density at radius 1 is 1.43 bits per heavy atom. The summed E-state index contributed by atoms with van der Waals surface area (Å²) < 4.78 is 5.01. The van der Waals surface area contributed by atoms with Gasteiger partial charge in [-0.25, -0.2) is 0 Å². The van der Waals surface area contributed by atoms with E-state index in [4.69, 9.17) is 10.00 Å². The Hall–Kier alpha value is -1.75. The molecule has 0 saturated heterocycles. The molecule has 0 amide bonds. The molecule has 0 heterocycles. The summed E-state index contributed by atoms with van der Waals surface area (Å²) in [6.45, 7) is 0. The average molecular weight is 185 g/mol. The first-order valence-electron chi connectivity index (χ1n) is 4.60. The predicted octanol–water partition coefficient (Wildman–Crippen LogP) is 2.49. The molecule has 1 aliphatic carbocycles. The van der Waals surface area contributed by atoms with E-state index in [9.17, 15) is 0 Å². The van der Waals surface area contributed by atoms with Crippen molar-refractivity contribution >= 4 is 5.57 Å². The van der Waals surface area contributed by atoms with Crippen LogP contribution in [0, 0.1) is 11.3 Å². The average Bonchev–Trinajstić information content (AvgIpc) is 2.61. The molecule has 0 aromatic heterocycles. The number of allylic oxidation sites excluding steroid dienone is 1. The van der Waals surface area contributed by atoms with E-state index < -0.39 is 0 Å². The van der Waals surface area contributed by atoms with Gasteiger partial charge in [0, 0.05) is 0 Å². The molecule has 70 valence electrons. The molecule has 1 aromatic rings. The minimum Gasteiger partial charge on any atom is -0.504 e. The van der Waals surface area contributed by atoms with E-state index in [1.165, 1.54) is 16.7 Å². The Kier molecular flexibility index (Phi) is 2.24. The standard InChI is InChI=1S/C12H11NO/c1-14-8-11-4-3-10-6-9(7-13)2-5-12(10)11/h2,5-6,8H,3-4H2,1H3/b11-8-. The molecule has 1 aromatic carbocycles. The number of hydrogen-bond acceptors (Lipinski definition) is 2. The summed E-state index contributed by atoms with van der Waals surface area (Å²) in [6, 6.07) is 7.98. The van der Waals surface area contributed by atoms with Crippen LogP contribution in [0.25, 0.3) is 5.57 Å². The maximum atomic E-state index is 8.75. The van der Waals surface area contributed by atoms with Crippen LogP contribution in [0.15, 0.2) is 24.5 Å². The fourth-order valence-electron chi connectivity index (χ4n) is 1.85. The number of methoxy groups -OCH3 is 1. The second-order valence-electron chi connectivity index (χ2n) is 3.36. The number of benzene rings is 1. The fourth-order valence-corrected chi connectivity index (χ4v) is 1.85. The van der Waals surface area contributed by atoms with Gasteiger partial charge in [0.1, 0.15) is 0 Å². The first-order valence-corrected chi connectivity index (χ1v) is 4.60. The molecule has 0 bridgehead atoms. The second kappa shape index (κ2) is 3.55. The van der Waals surface area contributed by atoms with Crippen LogP contribution in [-0.2, 0) is 11.2 Å². The molecule has 2 heteroatoms. The maximum absolute atomic E-state index is 8.75. The van der Waals surface area contributed by atoms with Gasteiger partial charge in [-0.2, -0.15) is 5.26 Å². The quantitative estimate of drug-likeness (QED) is 0.630. The van der Waals surface area contributed by atoms with Gasteiger partial charge in [0.25, 0.3) is 0 Å². The molecule has 0 unspecified atom stereocenters. The van der Waals surface area contributed by atoms with E-state index in [0.717, 1.165) is 18.4 Å². The van der Waals surface area contributed by atoms with Gasteiger partial charge in [-0.3, -0.25) is 0 Å². The van der Waals surface area contributed by atoms with Gasteiger partial charge < -0.3 is 4.74 Å². The monoisotopic (exact) mass is 185 g/mol. The Labute approximate surface area is 83.4 Å². The normalized spacial score (nSPS) is 16.4. The minimum atomic E-state index is 0.738. The summed E-state index contributed by atoms with van der Waals surface area (Å²) in [5, 5.41) is 8.75. The third-order valence-corrected chi connectivity index (χ3v) is 2.50. The van der Waals surface area contributed by atoms with Crippen LogP contribution in [-0.4, -0.2) is 7.11 Å². The van der Waals surface area contributed by atoms with E-state index in [1.54, 1.807) is 13.4 Å². The number of aryl methyl sites for hydroxylation is 1. The molecule has 1 aliphatic rings. The van der Waals surface area contributed by atoms with Crippen molar-refractivity contribution in [1.29, 1.82) is 5.26 Å². The molecular formula is C12H11NO. The van der Waals surface area contributed by atoms with Crippen LogP contribution in [0.2, 0.25) is 0 Å². The fraction of sp³-hybridized carbons (Fsp3) is 0.250. The highest BCUT2D eigenvalue weighted by Crippen LogP contribution is 2.32. The Morgan fingerprint density at radius 3 is 3.00 bits per heavy atom. The summed E-state index contributed by atoms with van der Waals surface area (Å²) in [4.78, 5) is 0. The van der Waals surface area contributed by atoms with Crippen LogP contribution in [0.1, 0.15) is 23.1 Å². The zero-order valence-electron chi connectivity index (χ0n) is 8.08. The van der Waals surface area contributed by atoms with Crippen molar-refractivity contribution in [2.24, 2.45) is 0 Å². The summed E-state index contributed by atoms with van der Waals surface area (Å²) in [5.41, 5.74) is 4.45. The zero-order chi connectivity index (χ0) is 9.97. The van der Waals surface area contributed by atoms with Crippen molar-refractivity contribution in [3.8, 4) is 6.07 Å². The molecule has 0 radical (unpaired) electrons. The van der Waals surface area contributed by atoms with Crippen molar-refractivity contribution in [3.05, 3.63) is 41.2 Å². The molecule has 2 rings (SSSR count). The van der Waals surface area contributed by atoms with Crippen LogP contribution in [0.5, 0.6) is 0 Å². The van der Waals surface area contributed by atoms with Crippen LogP contribution in [0.4, 0.5) is 0 Å². The summed E-state index contributed by atoms with van der Waals surface area (Å²) in [5.74, 6) is 0. The van der Waals surface area contributed by atoms with Crippen molar-refractivity contribution in [1.82, 2.24) is 0 Å². The lowest BCUT2D eigenvalue weighted by molar-refractivity contribution is 0.339. The number of nitriles is 1. The highest BCUT2D eigenvalue weighted by Gasteiger charge is 2.16. The van der Waals surface area contributed by atoms with Crippen LogP contribution < -0.4 is 0 Å².